The van der Waals surface area contributed by atoms with Crippen LogP contribution in [0.2, 0.25) is 0 Å². The van der Waals surface area contributed by atoms with E-state index in [1.165, 1.54) is 44.9 Å². The number of unbranched alkanes of at least 4 members (excludes halogenated alkanes) is 5. The Bertz CT molecular complexity index is 209. The zero-order valence-electron chi connectivity index (χ0n) is 12.2. The van der Waals surface area contributed by atoms with Crippen molar-refractivity contribution in [3.8, 4) is 0 Å². The Hall–Kier alpha value is -0.370. The summed E-state index contributed by atoms with van der Waals surface area (Å²) in [6, 6.07) is 0. The van der Waals surface area contributed by atoms with Crippen molar-refractivity contribution >= 4 is 5.78 Å². The molecular weight excluding hydrogens is 222 g/mol. The number of rotatable bonds is 10. The van der Waals surface area contributed by atoms with Crippen molar-refractivity contribution in [2.75, 3.05) is 13.1 Å². The van der Waals surface area contributed by atoms with Crippen LogP contribution >= 0.6 is 0 Å². The maximum Gasteiger partial charge on any atom is 0.132 e. The summed E-state index contributed by atoms with van der Waals surface area (Å²) in [5, 5.41) is 3.38. The fourth-order valence-electron chi connectivity index (χ4n) is 2.76. The SMILES string of the molecule is CCCCCCCCC(=O)CCC1CCNCC1. The zero-order chi connectivity index (χ0) is 13.1. The fraction of sp³-hybridized carbons (Fsp3) is 0.938. The monoisotopic (exact) mass is 253 g/mol. The van der Waals surface area contributed by atoms with Gasteiger partial charge in [-0.3, -0.25) is 4.79 Å². The lowest BCUT2D eigenvalue weighted by molar-refractivity contribution is -0.119. The molecular formula is C16H31NO. The van der Waals surface area contributed by atoms with Gasteiger partial charge in [0.15, 0.2) is 0 Å². The standard InChI is InChI=1S/C16H31NO/c1-2-3-4-5-6-7-8-16(18)10-9-15-11-13-17-14-12-15/h15,17H,2-14H2,1H3. The molecule has 1 aliphatic rings. The molecule has 106 valence electrons. The molecule has 1 aliphatic heterocycles. The molecule has 0 amide bonds. The summed E-state index contributed by atoms with van der Waals surface area (Å²) < 4.78 is 0. The normalized spacial score (nSPS) is 16.9. The highest BCUT2D eigenvalue weighted by Crippen LogP contribution is 2.18. The van der Waals surface area contributed by atoms with E-state index < -0.39 is 0 Å². The molecule has 0 aromatic carbocycles. The van der Waals surface area contributed by atoms with E-state index in [1.54, 1.807) is 0 Å². The highest BCUT2D eigenvalue weighted by molar-refractivity contribution is 5.78. The summed E-state index contributed by atoms with van der Waals surface area (Å²) >= 11 is 0. The number of Topliss-reactive ketones (excluding diaryl/α,β-unsaturated/α-hetero) is 1. The highest BCUT2D eigenvalue weighted by atomic mass is 16.1. The molecule has 0 aromatic rings. The Morgan fingerprint density at radius 2 is 1.67 bits per heavy atom. The van der Waals surface area contributed by atoms with Crippen LogP contribution in [0.4, 0.5) is 0 Å². The first-order valence-electron chi connectivity index (χ1n) is 8.05. The molecule has 0 spiro atoms. The van der Waals surface area contributed by atoms with Crippen molar-refractivity contribution in [1.29, 1.82) is 0 Å². The molecule has 2 nitrogen and oxygen atoms in total. The number of nitrogens with one attached hydrogen (secondary N) is 1. The van der Waals surface area contributed by atoms with Crippen molar-refractivity contribution in [2.24, 2.45) is 5.92 Å². The minimum absolute atomic E-state index is 0.504. The molecule has 1 saturated heterocycles. The second kappa shape index (κ2) is 10.5. The van der Waals surface area contributed by atoms with Crippen molar-refractivity contribution in [2.45, 2.75) is 77.6 Å². The van der Waals surface area contributed by atoms with Gasteiger partial charge in [-0.15, -0.1) is 0 Å². The third-order valence-corrected chi connectivity index (χ3v) is 4.10. The van der Waals surface area contributed by atoms with E-state index in [2.05, 4.69) is 12.2 Å². The first kappa shape index (κ1) is 15.7. The van der Waals surface area contributed by atoms with Crippen LogP contribution < -0.4 is 5.32 Å². The van der Waals surface area contributed by atoms with Gasteiger partial charge in [0.25, 0.3) is 0 Å². The first-order valence-corrected chi connectivity index (χ1v) is 8.05. The molecule has 0 radical (unpaired) electrons. The van der Waals surface area contributed by atoms with Gasteiger partial charge in [0.05, 0.1) is 0 Å². The predicted octanol–water partition coefficient (Wildman–Crippen LogP) is 4.09. The quantitative estimate of drug-likeness (QED) is 0.594. The molecule has 2 heteroatoms. The maximum atomic E-state index is 11.8. The van der Waals surface area contributed by atoms with Crippen LogP contribution in [-0.2, 0) is 4.79 Å². The molecule has 1 fully saturated rings. The number of carbonyl (C=O) groups excluding carboxylic acids is 1. The minimum Gasteiger partial charge on any atom is -0.317 e. The Balaban J connectivity index is 1.90. The van der Waals surface area contributed by atoms with Gasteiger partial charge in [0.2, 0.25) is 0 Å². The van der Waals surface area contributed by atoms with E-state index in [4.69, 9.17) is 0 Å². The van der Waals surface area contributed by atoms with Gasteiger partial charge in [0, 0.05) is 12.8 Å². The van der Waals surface area contributed by atoms with Gasteiger partial charge in [0.1, 0.15) is 5.78 Å². The topological polar surface area (TPSA) is 29.1 Å². The van der Waals surface area contributed by atoms with Crippen molar-refractivity contribution in [3.63, 3.8) is 0 Å². The average molecular weight is 253 g/mol. The molecule has 0 aliphatic carbocycles. The van der Waals surface area contributed by atoms with Crippen LogP contribution in [0, 0.1) is 5.92 Å². The minimum atomic E-state index is 0.504. The van der Waals surface area contributed by atoms with Crippen LogP contribution in [0.15, 0.2) is 0 Å². The lowest BCUT2D eigenvalue weighted by atomic mass is 9.91. The molecule has 1 heterocycles. The molecule has 0 bridgehead atoms. The summed E-state index contributed by atoms with van der Waals surface area (Å²) in [5.74, 6) is 1.31. The molecule has 0 atom stereocenters. The number of hydrogen-bond donors (Lipinski definition) is 1. The molecule has 1 rings (SSSR count). The van der Waals surface area contributed by atoms with E-state index in [0.29, 0.717) is 5.78 Å². The summed E-state index contributed by atoms with van der Waals surface area (Å²) in [6.07, 6.45) is 13.0. The van der Waals surface area contributed by atoms with E-state index in [0.717, 1.165) is 44.7 Å². The second-order valence-corrected chi connectivity index (χ2v) is 5.79. The van der Waals surface area contributed by atoms with E-state index in [1.807, 2.05) is 0 Å². The smallest absolute Gasteiger partial charge is 0.132 e. The summed E-state index contributed by atoms with van der Waals surface area (Å²) in [5.41, 5.74) is 0. The van der Waals surface area contributed by atoms with E-state index in [9.17, 15) is 4.79 Å². The predicted molar refractivity (Wildman–Crippen MR) is 77.8 cm³/mol. The van der Waals surface area contributed by atoms with Gasteiger partial charge in [-0.05, 0) is 44.7 Å². The van der Waals surface area contributed by atoms with Crippen LogP contribution in [0.5, 0.6) is 0 Å². The Kier molecular flexibility index (Phi) is 9.19. The van der Waals surface area contributed by atoms with Gasteiger partial charge < -0.3 is 5.32 Å². The summed E-state index contributed by atoms with van der Waals surface area (Å²) in [4.78, 5) is 11.8. The highest BCUT2D eigenvalue weighted by Gasteiger charge is 2.14. The van der Waals surface area contributed by atoms with Crippen LogP contribution in [0.3, 0.4) is 0 Å². The lowest BCUT2D eigenvalue weighted by Crippen LogP contribution is -2.27. The van der Waals surface area contributed by atoms with Crippen LogP contribution in [0.1, 0.15) is 77.6 Å². The van der Waals surface area contributed by atoms with Crippen molar-refractivity contribution < 1.29 is 4.79 Å². The molecule has 0 saturated carbocycles. The fourth-order valence-corrected chi connectivity index (χ4v) is 2.76. The molecule has 18 heavy (non-hydrogen) atoms. The second-order valence-electron chi connectivity index (χ2n) is 5.79. The van der Waals surface area contributed by atoms with Crippen molar-refractivity contribution in [1.82, 2.24) is 5.32 Å². The van der Waals surface area contributed by atoms with Crippen molar-refractivity contribution in [3.05, 3.63) is 0 Å². The maximum absolute atomic E-state index is 11.8. The number of hydrogen-bond acceptors (Lipinski definition) is 2. The Labute approximate surface area is 113 Å². The third kappa shape index (κ3) is 7.86. The number of piperidine rings is 1. The molecule has 0 unspecified atom stereocenters. The number of carbonyl (C=O) groups is 1. The Morgan fingerprint density at radius 3 is 2.39 bits per heavy atom. The Morgan fingerprint density at radius 1 is 1.00 bits per heavy atom. The largest absolute Gasteiger partial charge is 0.317 e. The summed E-state index contributed by atoms with van der Waals surface area (Å²) in [7, 11) is 0. The zero-order valence-corrected chi connectivity index (χ0v) is 12.2. The van der Waals surface area contributed by atoms with E-state index in [-0.39, 0.29) is 0 Å². The third-order valence-electron chi connectivity index (χ3n) is 4.10. The summed E-state index contributed by atoms with van der Waals surface area (Å²) in [6.45, 7) is 4.54. The first-order chi connectivity index (χ1) is 8.83. The van der Waals surface area contributed by atoms with Gasteiger partial charge in [-0.2, -0.15) is 0 Å². The molecule has 0 aromatic heterocycles. The average Bonchev–Trinajstić information content (AvgIpc) is 2.41. The van der Waals surface area contributed by atoms with Crippen LogP contribution in [-0.4, -0.2) is 18.9 Å². The lowest BCUT2D eigenvalue weighted by Gasteiger charge is -2.22. The van der Waals surface area contributed by atoms with Gasteiger partial charge >= 0.3 is 0 Å². The molecule has 1 N–H and O–H groups in total. The number of ketones is 1. The van der Waals surface area contributed by atoms with Gasteiger partial charge in [-0.1, -0.05) is 39.0 Å². The van der Waals surface area contributed by atoms with Crippen LogP contribution in [0.25, 0.3) is 0 Å². The van der Waals surface area contributed by atoms with E-state index >= 15 is 0 Å². The van der Waals surface area contributed by atoms with Gasteiger partial charge in [-0.25, -0.2) is 0 Å².